The first-order valence-electron chi connectivity index (χ1n) is 6.53. The molecule has 0 aromatic heterocycles. The van der Waals surface area contributed by atoms with Gasteiger partial charge in [-0.2, -0.15) is 0 Å². The summed E-state index contributed by atoms with van der Waals surface area (Å²) in [7, 11) is -5.31. The molecule has 110 valence electrons. The van der Waals surface area contributed by atoms with Gasteiger partial charge >= 0.3 is 0 Å². The van der Waals surface area contributed by atoms with Gasteiger partial charge in [-0.05, 0) is 30.2 Å². The molecule has 0 bridgehead atoms. The quantitative estimate of drug-likeness (QED) is 0.853. The molecular formula is C15H15NO3S2. The lowest BCUT2D eigenvalue weighted by Gasteiger charge is -2.26. The maximum atomic E-state index is 12.7. The fourth-order valence-electron chi connectivity index (χ4n) is 2.29. The fraction of sp³-hybridized carbons (Fsp3) is 0.200. The second kappa shape index (κ2) is 5.36. The maximum absolute atomic E-state index is 12.7. The largest absolute Gasteiger partial charge is 0.254 e. The van der Waals surface area contributed by atoms with Crippen molar-refractivity contribution in [3.8, 4) is 0 Å². The van der Waals surface area contributed by atoms with Crippen molar-refractivity contribution in [3.05, 3.63) is 65.2 Å². The number of rotatable bonds is 2. The molecule has 2 aromatic rings. The first-order valence-corrected chi connectivity index (χ1v) is 9.25. The average Bonchev–Trinajstić information content (AvgIpc) is 2.47. The number of hydrogen-bond acceptors (Lipinski definition) is 3. The van der Waals surface area contributed by atoms with Crippen LogP contribution >= 0.6 is 0 Å². The number of benzene rings is 2. The molecule has 0 saturated heterocycles. The molecule has 1 atom stereocenters. The molecule has 0 aliphatic carbocycles. The van der Waals surface area contributed by atoms with Crippen LogP contribution < -0.4 is 0 Å². The summed E-state index contributed by atoms with van der Waals surface area (Å²) in [5.74, 6) is 0.237. The van der Waals surface area contributed by atoms with Crippen molar-refractivity contribution >= 4 is 21.0 Å². The summed E-state index contributed by atoms with van der Waals surface area (Å²) in [6.45, 7) is 2.05. The third kappa shape index (κ3) is 2.66. The van der Waals surface area contributed by atoms with Crippen molar-refractivity contribution in [2.24, 2.45) is 0 Å². The molecule has 2 aromatic carbocycles. The molecule has 0 amide bonds. The molecule has 1 aliphatic heterocycles. The lowest BCUT2D eigenvalue weighted by atomic mass is 10.1. The molecule has 1 unspecified atom stereocenters. The molecule has 3 rings (SSSR count). The van der Waals surface area contributed by atoms with E-state index in [-0.39, 0.29) is 17.2 Å². The zero-order valence-electron chi connectivity index (χ0n) is 11.5. The molecule has 0 spiro atoms. The predicted octanol–water partition coefficient (Wildman–Crippen LogP) is 2.36. The maximum Gasteiger partial charge on any atom is 0.254 e. The van der Waals surface area contributed by atoms with Crippen molar-refractivity contribution in [3.63, 3.8) is 0 Å². The standard InChI is InChI=1S/C15H15NO3S2/c1-12-6-8-15(9-7-12)21(18,19)16-10-13-4-2-3-5-14(13)11-20(16)17/h2-9H,10-11H2,1H3. The van der Waals surface area contributed by atoms with Crippen LogP contribution in [-0.2, 0) is 33.3 Å². The molecule has 0 saturated carbocycles. The lowest BCUT2D eigenvalue weighted by molar-refractivity contribution is 0.520. The van der Waals surface area contributed by atoms with E-state index < -0.39 is 21.0 Å². The van der Waals surface area contributed by atoms with Crippen LogP contribution in [0.15, 0.2) is 53.4 Å². The molecule has 1 aliphatic rings. The molecule has 21 heavy (non-hydrogen) atoms. The summed E-state index contributed by atoms with van der Waals surface area (Å²) < 4.78 is 38.7. The smallest absolute Gasteiger partial charge is 0.241 e. The van der Waals surface area contributed by atoms with Crippen molar-refractivity contribution < 1.29 is 12.6 Å². The van der Waals surface area contributed by atoms with Gasteiger partial charge in [-0.15, -0.1) is 3.71 Å². The van der Waals surface area contributed by atoms with Crippen LogP contribution in [0.2, 0.25) is 0 Å². The summed E-state index contributed by atoms with van der Waals surface area (Å²) >= 11 is 0. The molecule has 1 heterocycles. The third-order valence-electron chi connectivity index (χ3n) is 3.51. The number of aryl methyl sites for hydroxylation is 1. The van der Waals surface area contributed by atoms with Crippen LogP contribution in [0.1, 0.15) is 16.7 Å². The molecular weight excluding hydrogens is 306 g/mol. The second-order valence-corrected chi connectivity index (χ2v) is 8.48. The number of sulfonamides is 1. The Kier molecular flexibility index (Phi) is 3.69. The van der Waals surface area contributed by atoms with E-state index in [0.29, 0.717) is 0 Å². The molecule has 4 nitrogen and oxygen atoms in total. The molecule has 6 heteroatoms. The zero-order valence-corrected chi connectivity index (χ0v) is 13.2. The Bertz CT molecular complexity index is 798. The Morgan fingerprint density at radius 3 is 2.29 bits per heavy atom. The zero-order chi connectivity index (χ0) is 15.0. The minimum Gasteiger partial charge on any atom is -0.241 e. The molecule has 0 N–H and O–H groups in total. The van der Waals surface area contributed by atoms with E-state index in [9.17, 15) is 12.6 Å². The minimum absolute atomic E-state index is 0.152. The highest BCUT2D eigenvalue weighted by Crippen LogP contribution is 2.27. The van der Waals surface area contributed by atoms with Gasteiger partial charge < -0.3 is 0 Å². The van der Waals surface area contributed by atoms with Gasteiger partial charge in [-0.25, -0.2) is 12.6 Å². The van der Waals surface area contributed by atoms with Crippen molar-refractivity contribution in [2.75, 3.05) is 0 Å². The third-order valence-corrected chi connectivity index (χ3v) is 7.27. The normalized spacial score (nSPS) is 19.2. The van der Waals surface area contributed by atoms with Gasteiger partial charge in [0.15, 0.2) is 0 Å². The Balaban J connectivity index is 2.00. The second-order valence-electron chi connectivity index (χ2n) is 5.01. The summed E-state index contributed by atoms with van der Waals surface area (Å²) in [5, 5.41) is 0. The van der Waals surface area contributed by atoms with Gasteiger partial charge in [-0.3, -0.25) is 0 Å². The van der Waals surface area contributed by atoms with Crippen LogP contribution in [-0.4, -0.2) is 16.3 Å². The number of fused-ring (bicyclic) bond motifs is 1. The Labute approximate surface area is 127 Å². The lowest BCUT2D eigenvalue weighted by Crippen LogP contribution is -2.36. The van der Waals surface area contributed by atoms with E-state index in [1.54, 1.807) is 24.3 Å². The van der Waals surface area contributed by atoms with Gasteiger partial charge in [0.2, 0.25) is 0 Å². The summed E-state index contributed by atoms with van der Waals surface area (Å²) in [6.07, 6.45) is 0. The highest BCUT2D eigenvalue weighted by molar-refractivity contribution is 8.01. The Morgan fingerprint density at radius 2 is 1.62 bits per heavy atom. The van der Waals surface area contributed by atoms with Gasteiger partial charge in [0.05, 0.1) is 17.2 Å². The highest BCUT2D eigenvalue weighted by atomic mass is 32.3. The Morgan fingerprint density at radius 1 is 1.00 bits per heavy atom. The monoisotopic (exact) mass is 321 g/mol. The van der Waals surface area contributed by atoms with Crippen LogP contribution in [0.5, 0.6) is 0 Å². The highest BCUT2D eigenvalue weighted by Gasteiger charge is 2.33. The van der Waals surface area contributed by atoms with Crippen LogP contribution in [0, 0.1) is 6.92 Å². The first-order chi connectivity index (χ1) is 9.98. The van der Waals surface area contributed by atoms with E-state index >= 15 is 0 Å². The van der Waals surface area contributed by atoms with Crippen LogP contribution in [0.25, 0.3) is 0 Å². The van der Waals surface area contributed by atoms with Gasteiger partial charge in [-0.1, -0.05) is 42.0 Å². The first kappa shape index (κ1) is 14.4. The van der Waals surface area contributed by atoms with Crippen molar-refractivity contribution in [2.45, 2.75) is 24.1 Å². The predicted molar refractivity (Wildman–Crippen MR) is 82.2 cm³/mol. The van der Waals surface area contributed by atoms with Crippen LogP contribution in [0.3, 0.4) is 0 Å². The molecule has 0 fully saturated rings. The fourth-order valence-corrected chi connectivity index (χ4v) is 5.58. The van der Waals surface area contributed by atoms with Gasteiger partial charge in [0, 0.05) is 0 Å². The van der Waals surface area contributed by atoms with Crippen molar-refractivity contribution in [1.82, 2.24) is 3.71 Å². The van der Waals surface area contributed by atoms with Crippen molar-refractivity contribution in [1.29, 1.82) is 0 Å². The summed E-state index contributed by atoms with van der Waals surface area (Å²) in [5.41, 5.74) is 2.85. The number of nitrogens with zero attached hydrogens (tertiary/aromatic N) is 1. The molecule has 0 radical (unpaired) electrons. The van der Waals surface area contributed by atoms with E-state index in [2.05, 4.69) is 0 Å². The van der Waals surface area contributed by atoms with E-state index in [1.165, 1.54) is 0 Å². The van der Waals surface area contributed by atoms with E-state index in [4.69, 9.17) is 0 Å². The minimum atomic E-state index is -3.74. The van der Waals surface area contributed by atoms with Crippen LogP contribution in [0.4, 0.5) is 0 Å². The average molecular weight is 321 g/mol. The van der Waals surface area contributed by atoms with E-state index in [1.807, 2.05) is 31.2 Å². The summed E-state index contributed by atoms with van der Waals surface area (Å²) in [4.78, 5) is 0.181. The number of hydrogen-bond donors (Lipinski definition) is 0. The topological polar surface area (TPSA) is 54.5 Å². The SMILES string of the molecule is Cc1ccc(S(=O)(=O)N2Cc3ccccc3CS2=O)cc1. The summed E-state index contributed by atoms with van der Waals surface area (Å²) in [6, 6.07) is 14.1. The van der Waals surface area contributed by atoms with Gasteiger partial charge in [0.25, 0.3) is 10.0 Å². The van der Waals surface area contributed by atoms with Gasteiger partial charge in [0.1, 0.15) is 11.0 Å². The Hall–Kier alpha value is -1.50. The van der Waals surface area contributed by atoms with E-state index in [0.717, 1.165) is 20.4 Å².